The number of ether oxygens (including phenoxy) is 3. The fourth-order valence-corrected chi connectivity index (χ4v) is 4.73. The minimum Gasteiger partial charge on any atom is -0.494 e. The number of hydrogen-bond donors (Lipinski definition) is 1. The Morgan fingerprint density at radius 1 is 1.18 bits per heavy atom. The predicted octanol–water partition coefficient (Wildman–Crippen LogP) is 5.26. The third-order valence-corrected chi connectivity index (χ3v) is 6.46. The second kappa shape index (κ2) is 11.9. The van der Waals surface area contributed by atoms with Gasteiger partial charge in [-0.1, -0.05) is 42.1 Å². The van der Waals surface area contributed by atoms with Crippen LogP contribution < -0.4 is 14.8 Å². The van der Waals surface area contributed by atoms with Crippen molar-refractivity contribution in [2.75, 3.05) is 30.9 Å². The minimum absolute atomic E-state index is 0.132. The first-order valence-electron chi connectivity index (χ1n) is 11.7. The Kier molecular flexibility index (Phi) is 8.49. The van der Waals surface area contributed by atoms with Crippen LogP contribution in [0.15, 0.2) is 59.9 Å². The smallest absolute Gasteiger partial charge is 0.234 e. The molecule has 0 aliphatic carbocycles. The van der Waals surface area contributed by atoms with Gasteiger partial charge >= 0.3 is 0 Å². The molecule has 1 unspecified atom stereocenters. The summed E-state index contributed by atoms with van der Waals surface area (Å²) in [7, 11) is 0. The Morgan fingerprint density at radius 2 is 2.00 bits per heavy atom. The number of carbonyl (C=O) groups is 1. The van der Waals surface area contributed by atoms with Gasteiger partial charge in [0.05, 0.1) is 49.2 Å². The molecule has 0 saturated carbocycles. The van der Waals surface area contributed by atoms with Crippen LogP contribution >= 0.6 is 11.8 Å². The average Bonchev–Trinajstić information content (AvgIpc) is 3.51. The lowest BCUT2D eigenvalue weighted by Gasteiger charge is -2.16. The number of rotatable bonds is 11. The molecule has 8 heteroatoms. The molecule has 3 aromatic rings. The fourth-order valence-electron chi connectivity index (χ4n) is 3.94. The molecule has 1 atom stereocenters. The molecular weight excluding hydrogens is 450 g/mol. The predicted molar refractivity (Wildman–Crippen MR) is 135 cm³/mol. The van der Waals surface area contributed by atoms with E-state index in [9.17, 15) is 4.79 Å². The van der Waals surface area contributed by atoms with Crippen molar-refractivity contribution in [2.24, 2.45) is 0 Å². The van der Waals surface area contributed by atoms with Crippen molar-refractivity contribution < 1.29 is 19.0 Å². The van der Waals surface area contributed by atoms with Crippen LogP contribution in [0.25, 0.3) is 11.3 Å². The molecule has 1 aliphatic rings. The van der Waals surface area contributed by atoms with Crippen LogP contribution in [0.1, 0.15) is 26.7 Å². The number of aromatic nitrogens is 2. The van der Waals surface area contributed by atoms with Gasteiger partial charge in [-0.2, -0.15) is 0 Å². The molecule has 0 bridgehead atoms. The molecule has 1 saturated heterocycles. The summed E-state index contributed by atoms with van der Waals surface area (Å²) in [6.45, 7) is 6.42. The Bertz CT molecular complexity index is 1080. The maximum atomic E-state index is 12.9. The van der Waals surface area contributed by atoms with Crippen molar-refractivity contribution >= 4 is 23.4 Å². The van der Waals surface area contributed by atoms with Crippen LogP contribution in [0.3, 0.4) is 0 Å². The highest BCUT2D eigenvalue weighted by atomic mass is 32.2. The number of thioether (sulfide) groups is 1. The van der Waals surface area contributed by atoms with Crippen molar-refractivity contribution in [3.8, 4) is 22.8 Å². The summed E-state index contributed by atoms with van der Waals surface area (Å²) < 4.78 is 19.3. The summed E-state index contributed by atoms with van der Waals surface area (Å²) in [6, 6.07) is 15.6. The van der Waals surface area contributed by atoms with Gasteiger partial charge < -0.3 is 24.1 Å². The molecule has 180 valence electrons. The first kappa shape index (κ1) is 24.2. The van der Waals surface area contributed by atoms with Gasteiger partial charge in [0.2, 0.25) is 5.91 Å². The van der Waals surface area contributed by atoms with Crippen LogP contribution in [0.5, 0.6) is 11.5 Å². The van der Waals surface area contributed by atoms with E-state index in [2.05, 4.69) is 27.0 Å². The van der Waals surface area contributed by atoms with Crippen molar-refractivity contribution in [3.05, 3.63) is 54.7 Å². The molecule has 2 aromatic carbocycles. The number of nitrogens with zero attached hydrogens (tertiary/aromatic N) is 2. The lowest BCUT2D eigenvalue weighted by molar-refractivity contribution is -0.113. The summed E-state index contributed by atoms with van der Waals surface area (Å²) in [5, 5.41) is 3.77. The zero-order chi connectivity index (χ0) is 23.8. The molecule has 2 heterocycles. The van der Waals surface area contributed by atoms with E-state index in [-0.39, 0.29) is 17.8 Å². The fraction of sp³-hybridized carbons (Fsp3) is 0.385. The van der Waals surface area contributed by atoms with Crippen molar-refractivity contribution in [2.45, 2.75) is 44.5 Å². The molecule has 7 nitrogen and oxygen atoms in total. The van der Waals surface area contributed by atoms with Gasteiger partial charge in [-0.05, 0) is 44.4 Å². The van der Waals surface area contributed by atoms with E-state index in [0.29, 0.717) is 30.4 Å². The van der Waals surface area contributed by atoms with E-state index in [1.807, 2.05) is 50.4 Å². The van der Waals surface area contributed by atoms with Gasteiger partial charge in [-0.3, -0.25) is 4.79 Å². The quantitative estimate of drug-likeness (QED) is 0.377. The summed E-state index contributed by atoms with van der Waals surface area (Å²) >= 11 is 1.42. The second-order valence-electron chi connectivity index (χ2n) is 7.90. The minimum atomic E-state index is -0.132. The molecule has 0 radical (unpaired) electrons. The van der Waals surface area contributed by atoms with Crippen LogP contribution in [0, 0.1) is 0 Å². The Labute approximate surface area is 204 Å². The van der Waals surface area contributed by atoms with Crippen LogP contribution in [0.4, 0.5) is 5.69 Å². The normalized spacial score (nSPS) is 15.3. The Hall–Kier alpha value is -2.97. The number of hydrogen-bond acceptors (Lipinski definition) is 6. The third-order valence-electron chi connectivity index (χ3n) is 5.47. The Balaban J connectivity index is 1.48. The topological polar surface area (TPSA) is 74.6 Å². The van der Waals surface area contributed by atoms with Crippen LogP contribution in [0.2, 0.25) is 0 Å². The molecule has 34 heavy (non-hydrogen) atoms. The van der Waals surface area contributed by atoms with Gasteiger partial charge in [-0.15, -0.1) is 0 Å². The number of amides is 1. The highest BCUT2D eigenvalue weighted by Crippen LogP contribution is 2.31. The molecule has 1 aromatic heterocycles. The molecule has 4 rings (SSSR count). The van der Waals surface area contributed by atoms with E-state index in [0.717, 1.165) is 42.4 Å². The number of nitrogens with one attached hydrogen (secondary N) is 1. The van der Waals surface area contributed by atoms with Gasteiger partial charge in [0.1, 0.15) is 11.5 Å². The number of anilines is 1. The largest absolute Gasteiger partial charge is 0.494 e. The lowest BCUT2D eigenvalue weighted by atomic mass is 10.1. The average molecular weight is 482 g/mol. The summed E-state index contributed by atoms with van der Waals surface area (Å²) in [6.07, 6.45) is 4.16. The van der Waals surface area contributed by atoms with Crippen molar-refractivity contribution in [1.29, 1.82) is 0 Å². The van der Waals surface area contributed by atoms with E-state index in [1.54, 1.807) is 6.07 Å². The zero-order valence-corrected chi connectivity index (χ0v) is 20.5. The van der Waals surface area contributed by atoms with Gasteiger partial charge in [0.25, 0.3) is 0 Å². The number of imidazole rings is 1. The highest BCUT2D eigenvalue weighted by molar-refractivity contribution is 7.99. The summed E-state index contributed by atoms with van der Waals surface area (Å²) in [5.74, 6) is 1.40. The monoisotopic (exact) mass is 481 g/mol. The molecule has 1 aliphatic heterocycles. The van der Waals surface area contributed by atoms with Crippen molar-refractivity contribution in [3.63, 3.8) is 0 Å². The SMILES string of the molecule is CCOc1ccc(OCC)c(NC(=O)CSc2ncc(-c3ccccc3)n2CC2CCCO2)c1. The zero-order valence-electron chi connectivity index (χ0n) is 19.7. The van der Waals surface area contributed by atoms with Crippen molar-refractivity contribution in [1.82, 2.24) is 9.55 Å². The first-order chi connectivity index (χ1) is 16.7. The van der Waals surface area contributed by atoms with E-state index < -0.39 is 0 Å². The second-order valence-corrected chi connectivity index (χ2v) is 8.84. The molecule has 1 amide bonds. The van der Waals surface area contributed by atoms with Gasteiger partial charge in [-0.25, -0.2) is 4.98 Å². The van der Waals surface area contributed by atoms with E-state index >= 15 is 0 Å². The highest BCUT2D eigenvalue weighted by Gasteiger charge is 2.21. The number of benzene rings is 2. The van der Waals surface area contributed by atoms with Crippen LogP contribution in [-0.2, 0) is 16.1 Å². The van der Waals surface area contributed by atoms with E-state index in [1.165, 1.54) is 11.8 Å². The maximum Gasteiger partial charge on any atom is 0.234 e. The Morgan fingerprint density at radius 3 is 2.74 bits per heavy atom. The lowest BCUT2D eigenvalue weighted by Crippen LogP contribution is -2.18. The maximum absolute atomic E-state index is 12.9. The third kappa shape index (κ3) is 6.12. The van der Waals surface area contributed by atoms with Gasteiger partial charge in [0.15, 0.2) is 5.16 Å². The summed E-state index contributed by atoms with van der Waals surface area (Å²) in [4.78, 5) is 17.5. The molecule has 1 N–H and O–H groups in total. The number of carbonyl (C=O) groups excluding carboxylic acids is 1. The molecule has 1 fully saturated rings. The first-order valence-corrected chi connectivity index (χ1v) is 12.7. The van der Waals surface area contributed by atoms with Crippen LogP contribution in [-0.4, -0.2) is 47.1 Å². The summed E-state index contributed by atoms with van der Waals surface area (Å²) in [5.41, 5.74) is 2.73. The molecular formula is C26H31N3O4S. The van der Waals surface area contributed by atoms with E-state index in [4.69, 9.17) is 14.2 Å². The van der Waals surface area contributed by atoms with Gasteiger partial charge in [0, 0.05) is 12.7 Å². The standard InChI is InChI=1S/C26H31N3O4S/c1-3-31-20-12-13-24(32-4-2)22(15-20)28-25(30)18-34-26-27-16-23(19-9-6-5-7-10-19)29(26)17-21-11-8-14-33-21/h5-7,9-10,12-13,15-16,21H,3-4,8,11,14,17-18H2,1-2H3,(H,28,30). The molecule has 0 spiro atoms.